The highest BCUT2D eigenvalue weighted by Crippen LogP contribution is 2.34. The highest BCUT2D eigenvalue weighted by Gasteiger charge is 2.30. The van der Waals surface area contributed by atoms with E-state index < -0.39 is 15.8 Å². The number of thiazole rings is 1. The number of anilines is 1. The number of hydrogen-bond acceptors (Lipinski definition) is 5. The minimum atomic E-state index is -4.07. The summed E-state index contributed by atoms with van der Waals surface area (Å²) in [7, 11) is -2.51. The van der Waals surface area contributed by atoms with E-state index in [9.17, 15) is 12.8 Å². The first-order valence-electron chi connectivity index (χ1n) is 7.94. The van der Waals surface area contributed by atoms with Gasteiger partial charge >= 0.3 is 0 Å². The molecule has 1 heterocycles. The zero-order valence-corrected chi connectivity index (χ0v) is 18.8. The van der Waals surface area contributed by atoms with Crippen molar-refractivity contribution in [2.75, 3.05) is 11.4 Å². The third-order valence-corrected chi connectivity index (χ3v) is 7.93. The summed E-state index contributed by atoms with van der Waals surface area (Å²) >= 11 is 10.2. The lowest BCUT2D eigenvalue weighted by molar-refractivity contribution is 0.414. The molecule has 2 aromatic carbocycles. The van der Waals surface area contributed by atoms with Crippen molar-refractivity contribution in [1.29, 1.82) is 0 Å². The number of hydrogen-bond donors (Lipinski definition) is 0. The van der Waals surface area contributed by atoms with E-state index in [-0.39, 0.29) is 20.9 Å². The monoisotopic (exact) mass is 504 g/mol. The van der Waals surface area contributed by atoms with Crippen LogP contribution >= 0.6 is 38.9 Å². The smallest absolute Gasteiger partial charge is 0.267 e. The molecular weight excluding hydrogens is 491 g/mol. The zero-order chi connectivity index (χ0) is 20.5. The summed E-state index contributed by atoms with van der Waals surface area (Å²) in [4.78, 5) is 4.02. The van der Waals surface area contributed by atoms with E-state index in [1.807, 2.05) is 13.0 Å². The van der Waals surface area contributed by atoms with Crippen molar-refractivity contribution in [2.45, 2.75) is 18.4 Å². The van der Waals surface area contributed by atoms with Crippen LogP contribution in [0.4, 0.5) is 9.52 Å². The second-order valence-electron chi connectivity index (χ2n) is 5.82. The Bertz CT molecular complexity index is 1110. The summed E-state index contributed by atoms with van der Waals surface area (Å²) in [5.41, 5.74) is 1.65. The van der Waals surface area contributed by atoms with Crippen LogP contribution < -0.4 is 9.04 Å². The maximum absolute atomic E-state index is 13.7. The number of rotatable bonds is 6. The van der Waals surface area contributed by atoms with Gasteiger partial charge in [-0.05, 0) is 58.2 Å². The molecule has 3 aromatic rings. The van der Waals surface area contributed by atoms with E-state index in [0.29, 0.717) is 10.9 Å². The van der Waals surface area contributed by atoms with Gasteiger partial charge in [-0.1, -0.05) is 17.7 Å². The Morgan fingerprint density at radius 3 is 2.68 bits per heavy atom. The predicted octanol–water partition coefficient (Wildman–Crippen LogP) is 5.41. The summed E-state index contributed by atoms with van der Waals surface area (Å²) in [6, 6.07) is 7.52. The maximum Gasteiger partial charge on any atom is 0.267 e. The topological polar surface area (TPSA) is 59.5 Å². The lowest BCUT2D eigenvalue weighted by Gasteiger charge is -2.23. The second-order valence-corrected chi connectivity index (χ2v) is 9.78. The Morgan fingerprint density at radius 2 is 2.07 bits per heavy atom. The summed E-state index contributed by atoms with van der Waals surface area (Å²) < 4.78 is 47.0. The van der Waals surface area contributed by atoms with Crippen molar-refractivity contribution in [2.24, 2.45) is 0 Å². The number of aromatic nitrogens is 1. The molecule has 0 saturated carbocycles. The Balaban J connectivity index is 2.10. The van der Waals surface area contributed by atoms with Crippen LogP contribution in [0.1, 0.15) is 11.1 Å². The van der Waals surface area contributed by atoms with E-state index in [2.05, 4.69) is 20.9 Å². The van der Waals surface area contributed by atoms with E-state index >= 15 is 0 Å². The Kier molecular flexibility index (Phi) is 6.28. The molecule has 28 heavy (non-hydrogen) atoms. The van der Waals surface area contributed by atoms with Crippen molar-refractivity contribution < 1.29 is 17.5 Å². The number of sulfonamides is 1. The van der Waals surface area contributed by atoms with E-state index in [1.165, 1.54) is 21.8 Å². The van der Waals surface area contributed by atoms with E-state index in [0.717, 1.165) is 23.3 Å². The van der Waals surface area contributed by atoms with Gasteiger partial charge in [-0.3, -0.25) is 0 Å². The molecule has 0 atom stereocenters. The third-order valence-electron chi connectivity index (χ3n) is 4.04. The predicted molar refractivity (Wildman–Crippen MR) is 112 cm³/mol. The molecule has 0 saturated heterocycles. The number of methoxy groups -OCH3 is 1. The maximum atomic E-state index is 13.7. The fourth-order valence-corrected chi connectivity index (χ4v) is 6.04. The standard InChI is InChI=1S/C18H15BrClFN2O3S2/c1-11-7-13(26-2)4-3-12(11)10-23(18-22-5-6-27-18)28(24,25)17-9-15(20)16(21)8-14(17)19/h3-9H,10H2,1-2H3. The van der Waals surface area contributed by atoms with Gasteiger partial charge in [0.25, 0.3) is 10.0 Å². The highest BCUT2D eigenvalue weighted by molar-refractivity contribution is 9.10. The molecule has 10 heteroatoms. The van der Waals surface area contributed by atoms with Gasteiger partial charge in [0.15, 0.2) is 5.13 Å². The molecule has 0 aliphatic heterocycles. The van der Waals surface area contributed by atoms with E-state index in [1.54, 1.807) is 24.6 Å². The highest BCUT2D eigenvalue weighted by atomic mass is 79.9. The van der Waals surface area contributed by atoms with Crippen LogP contribution in [0.5, 0.6) is 5.75 Å². The Morgan fingerprint density at radius 1 is 1.32 bits per heavy atom. The van der Waals surface area contributed by atoms with Gasteiger partial charge in [0, 0.05) is 16.0 Å². The molecule has 0 bridgehead atoms. The molecule has 0 aliphatic rings. The first-order chi connectivity index (χ1) is 13.2. The van der Waals surface area contributed by atoms with Crippen molar-refractivity contribution in [3.63, 3.8) is 0 Å². The fraction of sp³-hybridized carbons (Fsp3) is 0.167. The van der Waals surface area contributed by atoms with Gasteiger partial charge in [0.1, 0.15) is 16.5 Å². The summed E-state index contributed by atoms with van der Waals surface area (Å²) in [5, 5.41) is 1.70. The number of nitrogens with zero attached hydrogens (tertiary/aromatic N) is 2. The quantitative estimate of drug-likeness (QED) is 0.420. The average molecular weight is 506 g/mol. The van der Waals surface area contributed by atoms with Gasteiger partial charge in [0.2, 0.25) is 0 Å². The third kappa shape index (κ3) is 4.17. The van der Waals surface area contributed by atoms with Crippen molar-refractivity contribution in [3.8, 4) is 5.75 Å². The number of halogens is 3. The van der Waals surface area contributed by atoms with Gasteiger partial charge in [0.05, 0.1) is 18.7 Å². The minimum absolute atomic E-state index is 0.0487. The molecule has 0 aliphatic carbocycles. The SMILES string of the molecule is COc1ccc(CN(c2nccs2)S(=O)(=O)c2cc(Cl)c(F)cc2Br)c(C)c1. The molecule has 3 rings (SSSR count). The summed E-state index contributed by atoms with van der Waals surface area (Å²) in [5.74, 6) is -0.0303. The lowest BCUT2D eigenvalue weighted by atomic mass is 10.1. The Labute approximate surface area is 179 Å². The van der Waals surface area contributed by atoms with Crippen LogP contribution in [0.15, 0.2) is 51.3 Å². The van der Waals surface area contributed by atoms with Crippen molar-refractivity contribution in [1.82, 2.24) is 4.98 Å². The van der Waals surface area contributed by atoms with Gasteiger partial charge in [-0.15, -0.1) is 11.3 Å². The molecule has 0 radical (unpaired) electrons. The zero-order valence-electron chi connectivity index (χ0n) is 14.8. The van der Waals surface area contributed by atoms with Crippen LogP contribution in [0, 0.1) is 12.7 Å². The molecule has 0 unspecified atom stereocenters. The Hall–Kier alpha value is -1.68. The molecule has 0 spiro atoms. The normalized spacial score (nSPS) is 11.5. The number of ether oxygens (including phenoxy) is 1. The average Bonchev–Trinajstić information content (AvgIpc) is 3.17. The number of benzene rings is 2. The molecule has 0 amide bonds. The van der Waals surface area contributed by atoms with Gasteiger partial charge in [-0.25, -0.2) is 22.1 Å². The van der Waals surface area contributed by atoms with Gasteiger partial charge < -0.3 is 4.74 Å². The van der Waals surface area contributed by atoms with Crippen molar-refractivity contribution in [3.05, 3.63) is 68.3 Å². The first-order valence-corrected chi connectivity index (χ1v) is 11.4. The molecule has 5 nitrogen and oxygen atoms in total. The van der Waals surface area contributed by atoms with Gasteiger partial charge in [-0.2, -0.15) is 0 Å². The van der Waals surface area contributed by atoms with Crippen LogP contribution in [-0.4, -0.2) is 20.5 Å². The summed E-state index contributed by atoms with van der Waals surface area (Å²) in [6.07, 6.45) is 1.52. The minimum Gasteiger partial charge on any atom is -0.497 e. The number of aryl methyl sites for hydroxylation is 1. The van der Waals surface area contributed by atoms with Crippen LogP contribution in [-0.2, 0) is 16.6 Å². The van der Waals surface area contributed by atoms with Crippen LogP contribution in [0.25, 0.3) is 0 Å². The largest absolute Gasteiger partial charge is 0.497 e. The molecular formula is C18H15BrClFN2O3S2. The molecule has 0 N–H and O–H groups in total. The molecule has 148 valence electrons. The fourth-order valence-electron chi connectivity index (χ4n) is 2.54. The van der Waals surface area contributed by atoms with Crippen LogP contribution in [0.3, 0.4) is 0 Å². The molecule has 0 fully saturated rings. The van der Waals surface area contributed by atoms with E-state index in [4.69, 9.17) is 16.3 Å². The lowest BCUT2D eigenvalue weighted by Crippen LogP contribution is -2.31. The van der Waals surface area contributed by atoms with Crippen LogP contribution in [0.2, 0.25) is 5.02 Å². The summed E-state index contributed by atoms with van der Waals surface area (Å²) in [6.45, 7) is 1.92. The second kappa shape index (κ2) is 8.36. The van der Waals surface area contributed by atoms with Crippen molar-refractivity contribution >= 4 is 54.0 Å². The molecule has 1 aromatic heterocycles. The first kappa shape index (κ1) is 21.0.